The minimum absolute atomic E-state index is 0.0354. The molecule has 6 N–H and O–H groups in total. The molecule has 0 heterocycles. The summed E-state index contributed by atoms with van der Waals surface area (Å²) in [5.41, 5.74) is -4.40. The first-order valence-electron chi connectivity index (χ1n) is 12.3. The van der Waals surface area contributed by atoms with Crippen molar-refractivity contribution < 1.29 is 43.2 Å². The molecular formula is C26H33N3O9S. The smallest absolute Gasteiger partial charge is 0.209 e. The number of likely N-dealkylation sites (N-methyl/N-ethyl adjacent to an activating group) is 1. The molecule has 3 aliphatic rings. The summed E-state index contributed by atoms with van der Waals surface area (Å²) < 4.78 is 26.8. The summed E-state index contributed by atoms with van der Waals surface area (Å²) in [5.74, 6) is -6.21. The minimum atomic E-state index is -3.81. The second-order valence-electron chi connectivity index (χ2n) is 10.9. The van der Waals surface area contributed by atoms with Crippen molar-refractivity contribution in [2.24, 2.45) is 11.3 Å². The summed E-state index contributed by atoms with van der Waals surface area (Å²) in [5, 5.41) is 48.3. The van der Waals surface area contributed by atoms with E-state index in [2.05, 4.69) is 10.0 Å². The standard InChI is InChI=1S/C26H33N3O9S/c1-12(30)17-22(33)20(29(3)4)15-9-25(11-28-39(5,37)38)8-14-13(10-27-2)6-7-16(31)18(14)21(32)19(25)24(35)26(15,36)23(17)34/h6-7,15,20,27-28,31,33,35-36H,8-11H2,1-5H3/t15-,20-,25-,26+/m0/s1. The first kappa shape index (κ1) is 28.9. The second kappa shape index (κ2) is 9.52. The van der Waals surface area contributed by atoms with Gasteiger partial charge in [0.2, 0.25) is 15.8 Å². The Bertz CT molecular complexity index is 1460. The van der Waals surface area contributed by atoms with Gasteiger partial charge in [-0.05, 0) is 58.1 Å². The van der Waals surface area contributed by atoms with Crippen LogP contribution in [0.2, 0.25) is 0 Å². The lowest BCUT2D eigenvalue weighted by Crippen LogP contribution is -2.66. The molecule has 0 amide bonds. The number of Topliss-reactive ketones (excluding diaryl/α,β-unsaturated/α-hetero) is 3. The van der Waals surface area contributed by atoms with Crippen LogP contribution in [0.5, 0.6) is 5.75 Å². The van der Waals surface area contributed by atoms with Crippen molar-refractivity contribution in [3.63, 3.8) is 0 Å². The molecule has 0 bridgehead atoms. The van der Waals surface area contributed by atoms with E-state index in [0.29, 0.717) is 17.7 Å². The van der Waals surface area contributed by atoms with Crippen LogP contribution in [-0.2, 0) is 32.6 Å². The maximum atomic E-state index is 14.1. The van der Waals surface area contributed by atoms with E-state index in [4.69, 9.17) is 0 Å². The fourth-order valence-corrected chi connectivity index (χ4v) is 6.99. The SMILES string of the molecule is CNCc1ccc(O)c2c1C[C@@]1(CNS(C)(=O)=O)C[C@H]3[C@H](N(C)C)C(O)=C(C(C)=O)C(=O)[C@@]3(O)C(O)=C1C2=O. The maximum Gasteiger partial charge on any atom is 0.209 e. The Hall–Kier alpha value is -3.10. The third-order valence-corrected chi connectivity index (χ3v) is 8.74. The number of hydrogen-bond acceptors (Lipinski definition) is 11. The van der Waals surface area contributed by atoms with E-state index in [-0.39, 0.29) is 30.7 Å². The zero-order valence-corrected chi connectivity index (χ0v) is 23.1. The van der Waals surface area contributed by atoms with Crippen LogP contribution in [0.25, 0.3) is 0 Å². The molecule has 0 saturated carbocycles. The van der Waals surface area contributed by atoms with Crippen LogP contribution in [-0.4, -0.2) is 96.7 Å². The third-order valence-electron chi connectivity index (χ3n) is 8.07. The van der Waals surface area contributed by atoms with Crippen LogP contribution >= 0.6 is 0 Å². The van der Waals surface area contributed by atoms with Crippen molar-refractivity contribution in [3.05, 3.63) is 51.5 Å². The van der Waals surface area contributed by atoms with Crippen molar-refractivity contribution >= 4 is 27.4 Å². The Morgan fingerprint density at radius 3 is 2.36 bits per heavy atom. The molecule has 0 spiro atoms. The number of sulfonamides is 1. The number of aliphatic hydroxyl groups is 3. The Kier molecular flexibility index (Phi) is 7.06. The number of benzene rings is 1. The number of nitrogens with one attached hydrogen (secondary N) is 2. The number of fused-ring (bicyclic) bond motifs is 3. The predicted octanol–water partition coefficient (Wildman–Crippen LogP) is -0.137. The highest BCUT2D eigenvalue weighted by molar-refractivity contribution is 7.88. The van der Waals surface area contributed by atoms with E-state index in [0.717, 1.165) is 13.2 Å². The molecular weight excluding hydrogens is 530 g/mol. The van der Waals surface area contributed by atoms with Crippen molar-refractivity contribution in [3.8, 4) is 5.75 Å². The molecule has 39 heavy (non-hydrogen) atoms. The zero-order chi connectivity index (χ0) is 29.2. The van der Waals surface area contributed by atoms with Crippen LogP contribution < -0.4 is 10.0 Å². The van der Waals surface area contributed by atoms with Gasteiger partial charge in [-0.25, -0.2) is 13.1 Å². The highest BCUT2D eigenvalue weighted by Gasteiger charge is 2.66. The number of phenols is 1. The Morgan fingerprint density at radius 2 is 1.82 bits per heavy atom. The van der Waals surface area contributed by atoms with Crippen LogP contribution in [0.1, 0.15) is 34.8 Å². The van der Waals surface area contributed by atoms with Gasteiger partial charge in [-0.2, -0.15) is 0 Å². The Labute approximate surface area is 226 Å². The first-order chi connectivity index (χ1) is 18.0. The van der Waals surface area contributed by atoms with Crippen molar-refractivity contribution in [2.75, 3.05) is 33.9 Å². The number of carbonyl (C=O) groups excluding carboxylic acids is 3. The summed E-state index contributed by atoms with van der Waals surface area (Å²) in [7, 11) is 0.993. The molecule has 0 unspecified atom stereocenters. The van der Waals surface area contributed by atoms with E-state index in [1.807, 2.05) is 0 Å². The number of rotatable bonds is 7. The number of aromatic hydroxyl groups is 1. The van der Waals surface area contributed by atoms with Gasteiger partial charge in [0.15, 0.2) is 17.2 Å². The van der Waals surface area contributed by atoms with Gasteiger partial charge in [0.1, 0.15) is 22.8 Å². The molecule has 0 saturated heterocycles. The molecule has 4 atom stereocenters. The van der Waals surface area contributed by atoms with Gasteiger partial charge >= 0.3 is 0 Å². The van der Waals surface area contributed by atoms with Crippen molar-refractivity contribution in [1.82, 2.24) is 14.9 Å². The van der Waals surface area contributed by atoms with E-state index >= 15 is 0 Å². The zero-order valence-electron chi connectivity index (χ0n) is 22.3. The third kappa shape index (κ3) is 4.28. The molecule has 0 fully saturated rings. The largest absolute Gasteiger partial charge is 0.510 e. The summed E-state index contributed by atoms with van der Waals surface area (Å²) in [6.45, 7) is 0.973. The van der Waals surface area contributed by atoms with Gasteiger partial charge in [0.05, 0.1) is 17.9 Å². The summed E-state index contributed by atoms with van der Waals surface area (Å²) in [6.07, 6.45) is 0.671. The number of hydrogen-bond donors (Lipinski definition) is 6. The average Bonchev–Trinajstić information content (AvgIpc) is 2.81. The molecule has 0 aromatic heterocycles. The molecule has 12 nitrogen and oxygen atoms in total. The Balaban J connectivity index is 2.08. The van der Waals surface area contributed by atoms with Crippen LogP contribution in [0.15, 0.2) is 34.8 Å². The molecule has 4 rings (SSSR count). The van der Waals surface area contributed by atoms with Crippen LogP contribution in [0, 0.1) is 11.3 Å². The van der Waals surface area contributed by atoms with Crippen LogP contribution in [0.3, 0.4) is 0 Å². The fraction of sp³-hybridized carbons (Fsp3) is 0.500. The number of ketones is 3. The summed E-state index contributed by atoms with van der Waals surface area (Å²) in [4.78, 5) is 41.5. The van der Waals surface area contributed by atoms with Gasteiger partial charge in [-0.1, -0.05) is 6.07 Å². The molecule has 13 heteroatoms. The minimum Gasteiger partial charge on any atom is -0.510 e. The lowest BCUT2D eigenvalue weighted by atomic mass is 9.52. The highest BCUT2D eigenvalue weighted by Crippen LogP contribution is 2.57. The second-order valence-corrected chi connectivity index (χ2v) is 12.7. The number of aliphatic hydroxyl groups excluding tert-OH is 2. The monoisotopic (exact) mass is 563 g/mol. The molecule has 3 aliphatic carbocycles. The molecule has 0 aliphatic heterocycles. The van der Waals surface area contributed by atoms with Gasteiger partial charge < -0.3 is 25.7 Å². The predicted molar refractivity (Wildman–Crippen MR) is 140 cm³/mol. The molecule has 0 radical (unpaired) electrons. The van der Waals surface area contributed by atoms with E-state index in [1.54, 1.807) is 27.2 Å². The summed E-state index contributed by atoms with van der Waals surface area (Å²) >= 11 is 0. The van der Waals surface area contributed by atoms with E-state index in [1.165, 1.54) is 11.0 Å². The van der Waals surface area contributed by atoms with Crippen molar-refractivity contribution in [2.45, 2.75) is 38.0 Å². The topological polar surface area (TPSA) is 194 Å². The normalized spacial score (nSPS) is 28.9. The molecule has 1 aromatic rings. The fourth-order valence-electron chi connectivity index (χ4n) is 6.45. The average molecular weight is 564 g/mol. The quantitative estimate of drug-likeness (QED) is 0.242. The number of phenolic OH excluding ortho intramolecular Hbond substituents is 1. The van der Waals surface area contributed by atoms with Gasteiger partial charge in [-0.3, -0.25) is 19.3 Å². The van der Waals surface area contributed by atoms with Crippen LogP contribution in [0.4, 0.5) is 0 Å². The first-order valence-corrected chi connectivity index (χ1v) is 14.2. The molecule has 212 valence electrons. The van der Waals surface area contributed by atoms with Gasteiger partial charge in [0, 0.05) is 30.0 Å². The van der Waals surface area contributed by atoms with E-state index in [9.17, 15) is 43.2 Å². The molecule has 1 aromatic carbocycles. The summed E-state index contributed by atoms with van der Waals surface area (Å²) in [6, 6.07) is 1.82. The number of carbonyl (C=O) groups is 3. The van der Waals surface area contributed by atoms with Gasteiger partial charge in [0.25, 0.3) is 0 Å². The highest BCUT2D eigenvalue weighted by atomic mass is 32.2. The van der Waals surface area contributed by atoms with Gasteiger partial charge in [-0.15, -0.1) is 0 Å². The lowest BCUT2D eigenvalue weighted by Gasteiger charge is -2.54. The Morgan fingerprint density at radius 1 is 1.18 bits per heavy atom. The van der Waals surface area contributed by atoms with E-state index < -0.39 is 73.0 Å². The maximum absolute atomic E-state index is 14.1. The lowest BCUT2D eigenvalue weighted by molar-refractivity contribution is -0.150. The van der Waals surface area contributed by atoms with Crippen molar-refractivity contribution in [1.29, 1.82) is 0 Å². The number of nitrogens with zero attached hydrogens (tertiary/aromatic N) is 1.